The summed E-state index contributed by atoms with van der Waals surface area (Å²) in [6, 6.07) is 50.9. The minimum Gasteiger partial charge on any atom is -0.491 e. The molecule has 97 heavy (non-hydrogen) atoms. The Morgan fingerprint density at radius 1 is 0.691 bits per heavy atom. The number of para-hydroxylation sites is 2. The number of hydrogen-bond acceptors (Lipinski definition) is 17. The number of nitrogens with zero attached hydrogens (tertiary/aromatic N) is 9. The number of imidazole rings is 1. The molecule has 23 nitrogen and oxygen atoms in total. The van der Waals surface area contributed by atoms with Gasteiger partial charge in [-0.25, -0.2) is 24.1 Å². The van der Waals surface area contributed by atoms with Crippen molar-refractivity contribution in [1.82, 2.24) is 43.9 Å². The Bertz CT molecular complexity index is 4560. The fraction of sp³-hybridized carbons (Fsp3) is 0.178. The Morgan fingerprint density at radius 3 is 1.97 bits per heavy atom. The zero-order valence-corrected chi connectivity index (χ0v) is 53.1. The number of fused-ring (bicyclic) bond motifs is 1. The van der Waals surface area contributed by atoms with Crippen molar-refractivity contribution < 1.29 is 42.5 Å². The van der Waals surface area contributed by atoms with Gasteiger partial charge >= 0.3 is 5.69 Å². The molecule has 2 saturated heterocycles. The van der Waals surface area contributed by atoms with Crippen molar-refractivity contribution in [2.45, 2.75) is 38.1 Å². The number of likely N-dealkylation sites (tertiary alicyclic amines) is 2. The molecule has 0 unspecified atom stereocenters. The predicted octanol–water partition coefficient (Wildman–Crippen LogP) is 11.5. The van der Waals surface area contributed by atoms with E-state index in [1.807, 2.05) is 91.0 Å². The maximum atomic E-state index is 14.2. The smallest absolute Gasteiger partial charge is 0.335 e. The molecule has 10 aromatic rings. The van der Waals surface area contributed by atoms with Gasteiger partial charge in [0, 0.05) is 67.5 Å². The lowest BCUT2D eigenvalue weighted by Gasteiger charge is -2.31. The summed E-state index contributed by atoms with van der Waals surface area (Å²) in [5.74, 6) is 7.55. The van der Waals surface area contributed by atoms with E-state index in [2.05, 4.69) is 60.9 Å². The number of halogens is 1. The van der Waals surface area contributed by atoms with Gasteiger partial charge in [-0.15, -0.1) is 0 Å². The van der Waals surface area contributed by atoms with E-state index >= 15 is 0 Å². The number of amides is 4. The molecule has 2 aliphatic heterocycles. The van der Waals surface area contributed by atoms with Crippen LogP contribution in [0.1, 0.15) is 54.2 Å². The van der Waals surface area contributed by atoms with Crippen molar-refractivity contribution >= 4 is 69.4 Å². The second-order valence-electron chi connectivity index (χ2n) is 21.9. The van der Waals surface area contributed by atoms with E-state index in [0.717, 1.165) is 41.8 Å². The second-order valence-corrected chi connectivity index (χ2v) is 21.9. The number of aromatic nitrogens is 7. The highest BCUT2D eigenvalue weighted by Gasteiger charge is 2.32. The van der Waals surface area contributed by atoms with Crippen LogP contribution >= 0.6 is 0 Å². The van der Waals surface area contributed by atoms with E-state index in [1.54, 1.807) is 107 Å². The molecule has 12 rings (SSSR count). The van der Waals surface area contributed by atoms with Gasteiger partial charge in [0.2, 0.25) is 17.8 Å². The maximum absolute atomic E-state index is 14.2. The van der Waals surface area contributed by atoms with Gasteiger partial charge in [-0.05, 0) is 172 Å². The Labute approximate surface area is 558 Å². The Hall–Kier alpha value is -12.5. The fourth-order valence-corrected chi connectivity index (χ4v) is 10.7. The Morgan fingerprint density at radius 2 is 1.33 bits per heavy atom. The zero-order chi connectivity index (χ0) is 68.2. The van der Waals surface area contributed by atoms with Crippen LogP contribution in [0.25, 0.3) is 28.1 Å². The molecule has 2 aliphatic rings. The fourth-order valence-electron chi connectivity index (χ4n) is 10.7. The number of hydrogen-bond donors (Lipinski definition) is 5. The standard InChI is InChI=1S/C26H25N3O3.C25H22N6O3.C22H22FN5O3/c1-2-24(30)29-16-14-18(15-17-29)23-13-12-22(26(27)31)25(28-23)19-8-10-21(11-9-19)32-20-6-4-3-5-7-20;1-2-6-21(32)29-14-13-18(15-29)31-24-22(23(26)27-16-28-24)30(25(31)33)17-9-11-20(12-10-17)34-19-7-4-3-5-8-19;1-3-20(29)25-16-5-4-6-17(13-16)26-21-19(23)14-24-22(28-21)27-15-7-9-18(10-8-15)31-12-11-30-2/h2-13,18H,1,14-17H2,(H2,27,31);3-5,7-12,16,18H,13-15H2,1H3,(H2,26,27,28);3-10,13-14H,1,11-12H2,2H3,(H,25,29)(H2,24,26,27,28)/t;18-;/m.1./s1. The summed E-state index contributed by atoms with van der Waals surface area (Å²) in [7, 11) is 1.61. The summed E-state index contributed by atoms with van der Waals surface area (Å²) >= 11 is 0. The molecule has 0 bridgehead atoms. The minimum atomic E-state index is -0.618. The number of nitrogen functional groups attached to an aromatic ring is 1. The molecule has 0 radical (unpaired) electrons. The summed E-state index contributed by atoms with van der Waals surface area (Å²) in [5.41, 5.74) is 17.4. The molecule has 2 fully saturated rings. The first-order valence-corrected chi connectivity index (χ1v) is 30.8. The number of piperidine rings is 1. The SMILES string of the molecule is C=CC(=O)N1CCC(c2ccc(C(N)=O)c(-c3ccc(Oc4ccccc4)cc3)n2)CC1.C=CC(=O)Nc1cccc(Nc2nc(Nc3ccc(OCCOC)cc3)ncc2F)c1.CC#CC(=O)N1CC[C@@H](n2c(=O)n(-c3ccc(Oc4ccccc4)cc3)c3c(N)ncnc32)C1. The number of benzene rings is 6. The van der Waals surface area contributed by atoms with E-state index in [-0.39, 0.29) is 53.0 Å². The van der Waals surface area contributed by atoms with E-state index in [4.69, 9.17) is 35.4 Å². The number of ether oxygens (including phenoxy) is 4. The maximum Gasteiger partial charge on any atom is 0.335 e. The van der Waals surface area contributed by atoms with E-state index in [9.17, 15) is 28.4 Å². The minimum absolute atomic E-state index is 0.00998. The van der Waals surface area contributed by atoms with Crippen LogP contribution in [-0.4, -0.2) is 114 Å². The number of anilines is 6. The number of carbonyl (C=O) groups is 4. The van der Waals surface area contributed by atoms with Crippen molar-refractivity contribution in [2.24, 2.45) is 5.73 Å². The van der Waals surface area contributed by atoms with Crippen LogP contribution < -0.4 is 47.3 Å². The summed E-state index contributed by atoms with van der Waals surface area (Å²) in [6.45, 7) is 11.8. The van der Waals surface area contributed by atoms with Gasteiger partial charge in [0.1, 0.15) is 47.2 Å². The summed E-state index contributed by atoms with van der Waals surface area (Å²) < 4.78 is 39.5. The second kappa shape index (κ2) is 32.4. The molecule has 7 N–H and O–H groups in total. The third-order valence-corrected chi connectivity index (χ3v) is 15.5. The number of carbonyl (C=O) groups excluding carboxylic acids is 4. The van der Waals surface area contributed by atoms with Gasteiger partial charge in [-0.3, -0.25) is 33.3 Å². The Kier molecular flexibility index (Phi) is 22.5. The highest BCUT2D eigenvalue weighted by molar-refractivity contribution is 6.00. The molecule has 0 spiro atoms. The highest BCUT2D eigenvalue weighted by Crippen LogP contribution is 2.34. The van der Waals surface area contributed by atoms with Crippen molar-refractivity contribution in [3.8, 4) is 57.5 Å². The van der Waals surface area contributed by atoms with Gasteiger partial charge in [0.15, 0.2) is 23.1 Å². The topological polar surface area (TPSA) is 291 Å². The van der Waals surface area contributed by atoms with Gasteiger partial charge in [-0.2, -0.15) is 4.98 Å². The molecule has 0 saturated carbocycles. The number of primary amides is 1. The summed E-state index contributed by atoms with van der Waals surface area (Å²) in [5, 5.41) is 8.56. The number of rotatable bonds is 20. The molecule has 1 atom stereocenters. The molecular weight excluding hydrogens is 1240 g/mol. The van der Waals surface area contributed by atoms with Gasteiger partial charge < -0.3 is 56.2 Å². The number of nitrogens with two attached hydrogens (primary N) is 2. The lowest BCUT2D eigenvalue weighted by atomic mass is 9.91. The van der Waals surface area contributed by atoms with Crippen LogP contribution in [0.2, 0.25) is 0 Å². The van der Waals surface area contributed by atoms with E-state index < -0.39 is 11.7 Å². The third-order valence-electron chi connectivity index (χ3n) is 15.5. The number of methoxy groups -OCH3 is 1. The first kappa shape index (κ1) is 67.4. The van der Waals surface area contributed by atoms with Crippen molar-refractivity contribution in [1.29, 1.82) is 0 Å². The normalized spacial score (nSPS) is 13.2. The number of pyridine rings is 1. The highest BCUT2D eigenvalue weighted by atomic mass is 19.1. The van der Waals surface area contributed by atoms with Crippen LogP contribution in [-0.2, 0) is 19.1 Å². The Balaban J connectivity index is 0.000000158. The van der Waals surface area contributed by atoms with E-state index in [1.165, 1.54) is 23.0 Å². The van der Waals surface area contributed by atoms with Gasteiger partial charge in [0.25, 0.3) is 11.8 Å². The molecule has 24 heteroatoms. The lowest BCUT2D eigenvalue weighted by molar-refractivity contribution is -0.127. The average Bonchev–Trinajstić information content (AvgIpc) is 1.62. The molecule has 4 amide bonds. The van der Waals surface area contributed by atoms with Crippen molar-refractivity contribution in [2.75, 3.05) is 68.2 Å². The van der Waals surface area contributed by atoms with Crippen molar-refractivity contribution in [3.63, 3.8) is 0 Å². The van der Waals surface area contributed by atoms with Gasteiger partial charge in [0.05, 0.1) is 35.8 Å². The molecule has 0 aliphatic carbocycles. The quantitative estimate of drug-likeness (QED) is 0.0269. The van der Waals surface area contributed by atoms with Crippen LogP contribution in [0.4, 0.5) is 39.0 Å². The molecule has 6 aromatic carbocycles. The monoisotopic (exact) mass is 1300 g/mol. The largest absolute Gasteiger partial charge is 0.491 e. The summed E-state index contributed by atoms with van der Waals surface area (Å²) in [4.78, 5) is 86.1. The third kappa shape index (κ3) is 17.4. The van der Waals surface area contributed by atoms with Crippen LogP contribution in [0, 0.1) is 17.7 Å². The zero-order valence-electron chi connectivity index (χ0n) is 53.1. The molecular formula is C73H69FN14O9. The van der Waals surface area contributed by atoms with Crippen LogP contribution in [0.5, 0.6) is 28.7 Å². The molecule has 492 valence electrons. The van der Waals surface area contributed by atoms with Crippen molar-refractivity contribution in [3.05, 3.63) is 235 Å². The predicted molar refractivity (Wildman–Crippen MR) is 369 cm³/mol. The molecule has 4 aromatic heterocycles. The summed E-state index contributed by atoms with van der Waals surface area (Å²) in [6.07, 6.45) is 7.17. The van der Waals surface area contributed by atoms with Gasteiger partial charge in [-0.1, -0.05) is 61.5 Å². The van der Waals surface area contributed by atoms with Crippen LogP contribution in [0.3, 0.4) is 0 Å². The first-order chi connectivity index (χ1) is 47.2. The first-order valence-electron chi connectivity index (χ1n) is 30.8. The molecule has 6 heterocycles. The average molecular weight is 1310 g/mol. The van der Waals surface area contributed by atoms with Crippen LogP contribution in [0.15, 0.2) is 212 Å². The van der Waals surface area contributed by atoms with E-state index in [0.29, 0.717) is 108 Å². The number of nitrogens with one attached hydrogen (secondary N) is 3. The lowest BCUT2D eigenvalue weighted by Crippen LogP contribution is -2.37.